The van der Waals surface area contributed by atoms with Gasteiger partial charge in [-0.05, 0) is 13.3 Å². The number of anilines is 1. The number of rotatable bonds is 8. The lowest BCUT2D eigenvalue weighted by Gasteiger charge is -2.10. The van der Waals surface area contributed by atoms with Crippen LogP contribution in [0.3, 0.4) is 0 Å². The van der Waals surface area contributed by atoms with Gasteiger partial charge in [0.1, 0.15) is 6.61 Å². The monoisotopic (exact) mass is 279 g/mol. The Balaban J connectivity index is 2.32. The molecule has 1 aromatic heterocycles. The fourth-order valence-corrected chi connectivity index (χ4v) is 1.61. The summed E-state index contributed by atoms with van der Waals surface area (Å²) in [6.45, 7) is 3.93. The number of hydrogen-bond donors (Lipinski definition) is 1. The Kier molecular flexibility index (Phi) is 6.14. The van der Waals surface area contributed by atoms with Crippen molar-refractivity contribution in [2.45, 2.75) is 39.4 Å². The van der Waals surface area contributed by atoms with Gasteiger partial charge in [0.05, 0.1) is 12.3 Å². The molecule has 0 radical (unpaired) electrons. The average Bonchev–Trinajstić information content (AvgIpc) is 2.65. The molecular formula is C12H20F3N3O. The van der Waals surface area contributed by atoms with Crippen molar-refractivity contribution in [2.24, 2.45) is 0 Å². The van der Waals surface area contributed by atoms with Gasteiger partial charge in [-0.25, -0.2) is 4.98 Å². The van der Waals surface area contributed by atoms with Crippen LogP contribution in [0, 0.1) is 6.92 Å². The molecule has 1 aromatic rings. The van der Waals surface area contributed by atoms with Crippen LogP contribution in [0.2, 0.25) is 0 Å². The van der Waals surface area contributed by atoms with Crippen molar-refractivity contribution in [3.05, 3.63) is 11.9 Å². The highest BCUT2D eigenvalue weighted by atomic mass is 19.4. The molecule has 0 bridgehead atoms. The van der Waals surface area contributed by atoms with Crippen LogP contribution in [0.25, 0.3) is 0 Å². The van der Waals surface area contributed by atoms with Gasteiger partial charge in [-0.2, -0.15) is 13.2 Å². The van der Waals surface area contributed by atoms with Crippen LogP contribution in [0.4, 0.5) is 19.1 Å². The number of hydrogen-bond acceptors (Lipinski definition) is 3. The Hall–Kier alpha value is -1.24. The van der Waals surface area contributed by atoms with Gasteiger partial charge in [-0.15, -0.1) is 0 Å². The summed E-state index contributed by atoms with van der Waals surface area (Å²) in [4.78, 5) is 4.28. The molecule has 0 aliphatic rings. The van der Waals surface area contributed by atoms with Gasteiger partial charge < -0.3 is 14.6 Å². The Morgan fingerprint density at radius 2 is 2.16 bits per heavy atom. The summed E-state index contributed by atoms with van der Waals surface area (Å²) in [5.74, 6) is 0.682. The summed E-state index contributed by atoms with van der Waals surface area (Å²) >= 11 is 0. The fraction of sp³-hybridized carbons (Fsp3) is 0.750. The number of aryl methyl sites for hydroxylation is 2. The predicted molar refractivity (Wildman–Crippen MR) is 67.2 cm³/mol. The third kappa shape index (κ3) is 6.47. The van der Waals surface area contributed by atoms with Crippen molar-refractivity contribution < 1.29 is 17.9 Å². The summed E-state index contributed by atoms with van der Waals surface area (Å²) in [5, 5.41) is 2.99. The molecule has 0 aromatic carbocycles. The fourth-order valence-electron chi connectivity index (χ4n) is 1.61. The molecule has 0 fully saturated rings. The maximum Gasteiger partial charge on any atom is 0.411 e. The number of imidazole rings is 1. The van der Waals surface area contributed by atoms with Crippen LogP contribution in [0.5, 0.6) is 0 Å². The average molecular weight is 279 g/mol. The van der Waals surface area contributed by atoms with E-state index in [2.05, 4.69) is 22.0 Å². The van der Waals surface area contributed by atoms with Crippen molar-refractivity contribution in [1.29, 1.82) is 0 Å². The molecule has 0 saturated carbocycles. The van der Waals surface area contributed by atoms with Gasteiger partial charge in [0, 0.05) is 19.3 Å². The van der Waals surface area contributed by atoms with E-state index in [9.17, 15) is 13.2 Å². The summed E-state index contributed by atoms with van der Waals surface area (Å²) < 4.78 is 42.1. The van der Waals surface area contributed by atoms with Crippen molar-refractivity contribution >= 4 is 5.95 Å². The normalized spacial score (nSPS) is 11.8. The van der Waals surface area contributed by atoms with E-state index in [1.165, 1.54) is 0 Å². The van der Waals surface area contributed by atoms with E-state index >= 15 is 0 Å². The Labute approximate surface area is 111 Å². The maximum absolute atomic E-state index is 11.9. The number of aromatic nitrogens is 2. The highest BCUT2D eigenvalue weighted by Gasteiger charge is 2.27. The minimum Gasteiger partial charge on any atom is -0.370 e. The van der Waals surface area contributed by atoms with Gasteiger partial charge >= 0.3 is 6.18 Å². The molecule has 1 N–H and O–H groups in total. The van der Waals surface area contributed by atoms with E-state index in [4.69, 9.17) is 0 Å². The molecule has 7 heteroatoms. The van der Waals surface area contributed by atoms with Crippen molar-refractivity contribution in [3.8, 4) is 0 Å². The number of halogens is 3. The molecule has 1 rings (SSSR count). The first-order valence-electron chi connectivity index (χ1n) is 6.34. The number of alkyl halides is 3. The molecule has 0 spiro atoms. The van der Waals surface area contributed by atoms with Gasteiger partial charge in [-0.3, -0.25) is 0 Å². The summed E-state index contributed by atoms with van der Waals surface area (Å²) in [6, 6.07) is 0. The van der Waals surface area contributed by atoms with Crippen LogP contribution in [-0.4, -0.2) is 35.5 Å². The summed E-state index contributed by atoms with van der Waals surface area (Å²) in [6.07, 6.45) is -0.231. The molecular weight excluding hydrogens is 259 g/mol. The van der Waals surface area contributed by atoms with E-state index in [1.54, 1.807) is 0 Å². The molecule has 0 atom stereocenters. The molecule has 0 amide bonds. The lowest BCUT2D eigenvalue weighted by Crippen LogP contribution is -2.20. The van der Waals surface area contributed by atoms with E-state index in [0.29, 0.717) is 12.5 Å². The van der Waals surface area contributed by atoms with Crippen LogP contribution in [0.1, 0.15) is 25.5 Å². The van der Waals surface area contributed by atoms with Gasteiger partial charge in [0.2, 0.25) is 5.95 Å². The largest absolute Gasteiger partial charge is 0.411 e. The van der Waals surface area contributed by atoms with Crippen LogP contribution in [0.15, 0.2) is 6.20 Å². The predicted octanol–water partition coefficient (Wildman–Crippen LogP) is 2.98. The topological polar surface area (TPSA) is 39.1 Å². The molecule has 1 heterocycles. The smallest absolute Gasteiger partial charge is 0.370 e. The van der Waals surface area contributed by atoms with E-state index in [-0.39, 0.29) is 6.61 Å². The van der Waals surface area contributed by atoms with Crippen molar-refractivity contribution in [2.75, 3.05) is 25.1 Å². The molecule has 0 aliphatic heterocycles. The highest BCUT2D eigenvalue weighted by Crippen LogP contribution is 2.14. The molecule has 19 heavy (non-hydrogen) atoms. The third-order valence-electron chi connectivity index (χ3n) is 2.44. The standard InChI is InChI=1S/C12H20F3N3O/c1-3-4-6-18-8-10(2)17-11(18)16-5-7-19-9-12(13,14)15/h8H,3-7,9H2,1-2H3,(H,16,17). The minimum absolute atomic E-state index is 0.000798. The SMILES string of the molecule is CCCCn1cc(C)nc1NCCOCC(F)(F)F. The Bertz CT molecular complexity index is 377. The first-order valence-corrected chi connectivity index (χ1v) is 6.34. The molecule has 0 aliphatic carbocycles. The zero-order valence-electron chi connectivity index (χ0n) is 11.3. The second-order valence-electron chi connectivity index (χ2n) is 4.35. The van der Waals surface area contributed by atoms with Crippen molar-refractivity contribution in [1.82, 2.24) is 9.55 Å². The first kappa shape index (κ1) is 15.8. The summed E-state index contributed by atoms with van der Waals surface area (Å²) in [7, 11) is 0. The second-order valence-corrected chi connectivity index (χ2v) is 4.35. The maximum atomic E-state index is 11.9. The van der Waals surface area contributed by atoms with Gasteiger partial charge in [0.15, 0.2) is 0 Å². The zero-order valence-corrected chi connectivity index (χ0v) is 11.3. The number of unbranched alkanes of at least 4 members (excludes halogenated alkanes) is 1. The van der Waals surface area contributed by atoms with Crippen LogP contribution < -0.4 is 5.32 Å². The van der Waals surface area contributed by atoms with Crippen LogP contribution in [-0.2, 0) is 11.3 Å². The van der Waals surface area contributed by atoms with Crippen LogP contribution >= 0.6 is 0 Å². The van der Waals surface area contributed by atoms with E-state index in [0.717, 1.165) is 25.1 Å². The lowest BCUT2D eigenvalue weighted by atomic mass is 10.3. The molecule has 0 saturated heterocycles. The highest BCUT2D eigenvalue weighted by molar-refractivity contribution is 5.28. The summed E-state index contributed by atoms with van der Waals surface area (Å²) in [5.41, 5.74) is 0.884. The second kappa shape index (κ2) is 7.37. The number of nitrogens with zero attached hydrogens (tertiary/aromatic N) is 2. The van der Waals surface area contributed by atoms with Crippen molar-refractivity contribution in [3.63, 3.8) is 0 Å². The van der Waals surface area contributed by atoms with E-state index < -0.39 is 12.8 Å². The van der Waals surface area contributed by atoms with Gasteiger partial charge in [0.25, 0.3) is 0 Å². The Morgan fingerprint density at radius 1 is 1.42 bits per heavy atom. The quantitative estimate of drug-likeness (QED) is 0.744. The number of ether oxygens (including phenoxy) is 1. The third-order valence-corrected chi connectivity index (χ3v) is 2.44. The molecule has 0 unspecified atom stereocenters. The molecule has 4 nitrogen and oxygen atoms in total. The zero-order chi connectivity index (χ0) is 14.3. The Morgan fingerprint density at radius 3 is 2.79 bits per heavy atom. The number of nitrogens with one attached hydrogen (secondary N) is 1. The van der Waals surface area contributed by atoms with E-state index in [1.807, 2.05) is 17.7 Å². The lowest BCUT2D eigenvalue weighted by molar-refractivity contribution is -0.172. The minimum atomic E-state index is -4.27. The molecule has 110 valence electrons. The van der Waals surface area contributed by atoms with Gasteiger partial charge in [-0.1, -0.05) is 13.3 Å². The first-order chi connectivity index (χ1) is 8.92.